The Kier molecular flexibility index (Phi) is 7.64. The molecule has 1 atom stereocenters. The van der Waals surface area contributed by atoms with E-state index in [0.29, 0.717) is 32.3 Å². The summed E-state index contributed by atoms with van der Waals surface area (Å²) in [6, 6.07) is 8.60. The molecule has 158 valence electrons. The number of ketones is 1. The van der Waals surface area contributed by atoms with E-state index >= 15 is 0 Å². The molecule has 0 aromatic heterocycles. The SMILES string of the molecule is CC(=O)c1c(S(=O)/N=C/CCCOc2ccc3c(c2)CCC(=O)N3)ccc(Cl)c1Cl. The molecule has 3 rings (SSSR count). The minimum absolute atomic E-state index is 0.0316. The Morgan fingerprint density at radius 2 is 2.07 bits per heavy atom. The second kappa shape index (κ2) is 10.2. The lowest BCUT2D eigenvalue weighted by Gasteiger charge is -2.17. The van der Waals surface area contributed by atoms with E-state index in [-0.39, 0.29) is 32.2 Å². The van der Waals surface area contributed by atoms with Gasteiger partial charge in [0, 0.05) is 18.3 Å². The molecule has 0 saturated carbocycles. The van der Waals surface area contributed by atoms with Crippen molar-refractivity contribution in [2.45, 2.75) is 37.5 Å². The van der Waals surface area contributed by atoms with Crippen molar-refractivity contribution >= 4 is 57.8 Å². The number of amides is 1. The zero-order valence-corrected chi connectivity index (χ0v) is 18.6. The van der Waals surface area contributed by atoms with Crippen LogP contribution in [0.15, 0.2) is 39.6 Å². The monoisotopic (exact) mass is 466 g/mol. The van der Waals surface area contributed by atoms with Crippen LogP contribution in [0.3, 0.4) is 0 Å². The average molecular weight is 467 g/mol. The Morgan fingerprint density at radius 1 is 1.27 bits per heavy atom. The lowest BCUT2D eigenvalue weighted by Crippen LogP contribution is -2.18. The summed E-state index contributed by atoms with van der Waals surface area (Å²) in [6.07, 6.45) is 3.97. The molecular weight excluding hydrogens is 447 g/mol. The van der Waals surface area contributed by atoms with Gasteiger partial charge in [0.15, 0.2) is 16.8 Å². The lowest BCUT2D eigenvalue weighted by molar-refractivity contribution is -0.116. The minimum atomic E-state index is -1.75. The highest BCUT2D eigenvalue weighted by Crippen LogP contribution is 2.31. The molecular formula is C21H20Cl2N2O4S. The first-order chi connectivity index (χ1) is 14.4. The Bertz CT molecular complexity index is 1040. The van der Waals surface area contributed by atoms with E-state index in [1.165, 1.54) is 19.1 Å². The van der Waals surface area contributed by atoms with Gasteiger partial charge in [0.1, 0.15) is 5.75 Å². The third-order valence-corrected chi connectivity index (χ3v) is 6.35. The number of Topliss-reactive ketones (excluding diaryl/α,β-unsaturated/α-hetero) is 1. The van der Waals surface area contributed by atoms with E-state index in [9.17, 15) is 13.8 Å². The smallest absolute Gasteiger partial charge is 0.224 e. The number of nitrogens with one attached hydrogen (secondary N) is 1. The highest BCUT2D eigenvalue weighted by atomic mass is 35.5. The van der Waals surface area contributed by atoms with Crippen molar-refractivity contribution in [1.29, 1.82) is 0 Å². The predicted molar refractivity (Wildman–Crippen MR) is 119 cm³/mol. The molecule has 0 fully saturated rings. The van der Waals surface area contributed by atoms with Crippen LogP contribution >= 0.6 is 23.2 Å². The first-order valence-corrected chi connectivity index (χ1v) is 11.2. The van der Waals surface area contributed by atoms with E-state index in [2.05, 4.69) is 9.71 Å². The predicted octanol–water partition coefficient (Wildman–Crippen LogP) is 5.03. The van der Waals surface area contributed by atoms with Gasteiger partial charge >= 0.3 is 0 Å². The van der Waals surface area contributed by atoms with Gasteiger partial charge < -0.3 is 10.1 Å². The fraction of sp³-hybridized carbons (Fsp3) is 0.286. The Balaban J connectivity index is 1.50. The van der Waals surface area contributed by atoms with Crippen LogP contribution in [-0.2, 0) is 22.2 Å². The summed E-state index contributed by atoms with van der Waals surface area (Å²) >= 11 is 12.0. The van der Waals surface area contributed by atoms with Crippen LogP contribution in [0.1, 0.15) is 42.1 Å². The second-order valence-electron chi connectivity index (χ2n) is 6.69. The van der Waals surface area contributed by atoms with Crippen LogP contribution in [0.25, 0.3) is 0 Å². The molecule has 1 N–H and O–H groups in total. The largest absolute Gasteiger partial charge is 0.494 e. The number of aryl methyl sites for hydroxylation is 1. The number of carbonyl (C=O) groups excluding carboxylic acids is 2. The first kappa shape index (κ1) is 22.5. The molecule has 1 aliphatic rings. The maximum absolute atomic E-state index is 12.4. The second-order valence-corrected chi connectivity index (χ2v) is 8.62. The van der Waals surface area contributed by atoms with Crippen LogP contribution in [0.2, 0.25) is 10.0 Å². The minimum Gasteiger partial charge on any atom is -0.494 e. The molecule has 1 unspecified atom stereocenters. The van der Waals surface area contributed by atoms with E-state index in [1.807, 2.05) is 18.2 Å². The number of fused-ring (bicyclic) bond motifs is 1. The Morgan fingerprint density at radius 3 is 2.83 bits per heavy atom. The van der Waals surface area contributed by atoms with Crippen molar-refractivity contribution < 1.29 is 18.5 Å². The Labute approximate surface area is 187 Å². The lowest BCUT2D eigenvalue weighted by atomic mass is 10.0. The number of rotatable bonds is 8. The standard InChI is InChI=1S/C21H20Cl2N2O4S/c1-13(26)20-18(8-6-16(22)21(20)23)30(28)24-10-2-3-11-29-15-5-7-17-14(12-15)4-9-19(27)25-17/h5-8,10,12H,2-4,9,11H2,1H3,(H,25,27)/b24-10+. The number of ether oxygens (including phenoxy) is 1. The molecule has 0 radical (unpaired) electrons. The highest BCUT2D eigenvalue weighted by Gasteiger charge is 2.18. The van der Waals surface area contributed by atoms with E-state index in [1.54, 1.807) is 6.21 Å². The highest BCUT2D eigenvalue weighted by molar-refractivity contribution is 7.84. The molecule has 30 heavy (non-hydrogen) atoms. The van der Waals surface area contributed by atoms with Crippen LogP contribution in [0.4, 0.5) is 5.69 Å². The zero-order valence-electron chi connectivity index (χ0n) is 16.2. The summed E-state index contributed by atoms with van der Waals surface area (Å²) in [6.45, 7) is 1.81. The van der Waals surface area contributed by atoms with Gasteiger partial charge in [-0.1, -0.05) is 23.2 Å². The molecule has 1 heterocycles. The third-order valence-electron chi connectivity index (χ3n) is 4.49. The number of hydrogen-bond acceptors (Lipinski definition) is 4. The van der Waals surface area contributed by atoms with Gasteiger partial charge in [0.05, 0.1) is 27.1 Å². The first-order valence-electron chi connectivity index (χ1n) is 9.35. The molecule has 0 saturated heterocycles. The summed E-state index contributed by atoms with van der Waals surface area (Å²) in [5.74, 6) is 0.454. The fourth-order valence-electron chi connectivity index (χ4n) is 3.00. The van der Waals surface area contributed by atoms with E-state index in [0.717, 1.165) is 17.0 Å². The Hall–Kier alpha value is -2.22. The number of benzene rings is 2. The van der Waals surface area contributed by atoms with Crippen molar-refractivity contribution in [2.24, 2.45) is 4.40 Å². The topological polar surface area (TPSA) is 84.8 Å². The summed E-state index contributed by atoms with van der Waals surface area (Å²) in [7, 11) is -1.75. The maximum Gasteiger partial charge on any atom is 0.224 e. The van der Waals surface area contributed by atoms with E-state index < -0.39 is 11.0 Å². The van der Waals surface area contributed by atoms with Gasteiger partial charge in [-0.2, -0.15) is 4.40 Å². The molecule has 1 aliphatic heterocycles. The van der Waals surface area contributed by atoms with Crippen molar-refractivity contribution in [3.05, 3.63) is 51.5 Å². The van der Waals surface area contributed by atoms with Crippen LogP contribution in [0.5, 0.6) is 5.75 Å². The number of unbranched alkanes of at least 4 members (excludes halogenated alkanes) is 1. The van der Waals surface area contributed by atoms with Gasteiger partial charge in [0.25, 0.3) is 0 Å². The number of hydrogen-bond donors (Lipinski definition) is 1. The normalized spacial score (nSPS) is 14.3. The maximum atomic E-state index is 12.4. The zero-order chi connectivity index (χ0) is 21.7. The van der Waals surface area contributed by atoms with Crippen molar-refractivity contribution in [2.75, 3.05) is 11.9 Å². The van der Waals surface area contributed by atoms with E-state index in [4.69, 9.17) is 27.9 Å². The molecule has 0 aliphatic carbocycles. The number of anilines is 1. The van der Waals surface area contributed by atoms with Gasteiger partial charge in [-0.3, -0.25) is 9.59 Å². The summed E-state index contributed by atoms with van der Waals surface area (Å²) < 4.78 is 22.2. The molecule has 9 heteroatoms. The summed E-state index contributed by atoms with van der Waals surface area (Å²) in [4.78, 5) is 23.5. The fourth-order valence-corrected chi connectivity index (χ4v) is 4.47. The van der Waals surface area contributed by atoms with Crippen LogP contribution in [0, 0.1) is 0 Å². The molecule has 6 nitrogen and oxygen atoms in total. The quantitative estimate of drug-likeness (QED) is 0.335. The number of carbonyl (C=O) groups is 2. The molecule has 1 amide bonds. The average Bonchev–Trinajstić information content (AvgIpc) is 2.71. The van der Waals surface area contributed by atoms with Gasteiger partial charge in [-0.15, -0.1) is 0 Å². The van der Waals surface area contributed by atoms with Crippen LogP contribution < -0.4 is 10.1 Å². The summed E-state index contributed by atoms with van der Waals surface area (Å²) in [5, 5.41) is 3.15. The molecule has 0 spiro atoms. The van der Waals surface area contributed by atoms with Crippen molar-refractivity contribution in [3.63, 3.8) is 0 Å². The van der Waals surface area contributed by atoms with Crippen molar-refractivity contribution in [1.82, 2.24) is 0 Å². The van der Waals surface area contributed by atoms with Gasteiger partial charge in [0.2, 0.25) is 5.91 Å². The van der Waals surface area contributed by atoms with Gasteiger partial charge in [-0.05, 0) is 62.1 Å². The molecule has 2 aromatic carbocycles. The van der Waals surface area contributed by atoms with Gasteiger partial charge in [-0.25, -0.2) is 4.21 Å². The number of halogens is 2. The summed E-state index contributed by atoms with van der Waals surface area (Å²) in [5.41, 5.74) is 2.03. The molecule has 0 bridgehead atoms. The molecule has 2 aromatic rings. The number of nitrogens with zero attached hydrogens (tertiary/aromatic N) is 1. The van der Waals surface area contributed by atoms with Crippen molar-refractivity contribution in [3.8, 4) is 5.75 Å². The van der Waals surface area contributed by atoms with Crippen LogP contribution in [-0.4, -0.2) is 28.7 Å². The third kappa shape index (κ3) is 5.47.